The van der Waals surface area contributed by atoms with Gasteiger partial charge in [0.1, 0.15) is 17.3 Å². The Kier molecular flexibility index (Phi) is 4.25. The summed E-state index contributed by atoms with van der Waals surface area (Å²) in [5, 5.41) is 0. The Morgan fingerprint density at radius 1 is 1.16 bits per heavy atom. The number of imidazole rings is 1. The number of rotatable bonds is 5. The first kappa shape index (κ1) is 13.7. The predicted molar refractivity (Wildman–Crippen MR) is 81.1 cm³/mol. The maximum Gasteiger partial charge on any atom is 0.131 e. The minimum atomic E-state index is 0.798. The monoisotopic (exact) mass is 257 g/mol. The van der Waals surface area contributed by atoms with E-state index in [0.29, 0.717) is 0 Å². The van der Waals surface area contributed by atoms with E-state index in [1.165, 1.54) is 11.1 Å². The van der Waals surface area contributed by atoms with Crippen LogP contribution in [0.5, 0.6) is 0 Å². The van der Waals surface area contributed by atoms with Crippen molar-refractivity contribution in [2.45, 2.75) is 46.6 Å². The van der Waals surface area contributed by atoms with Crippen LogP contribution in [0.25, 0.3) is 11.3 Å². The van der Waals surface area contributed by atoms with Crippen LogP contribution in [0.3, 0.4) is 0 Å². The van der Waals surface area contributed by atoms with E-state index in [4.69, 9.17) is 10.7 Å². The standard InChI is InChI=1S/C16H23N3/c1-4-9-14-18-15(16(17)19(14)6-3)13-11-8-7-10-12(13)5-2/h7-8,10-11H,4-6,9,17H2,1-3H3. The Hall–Kier alpha value is -1.77. The molecule has 1 aromatic heterocycles. The van der Waals surface area contributed by atoms with Crippen molar-refractivity contribution < 1.29 is 0 Å². The van der Waals surface area contributed by atoms with Gasteiger partial charge in [-0.05, 0) is 25.3 Å². The first-order valence-electron chi connectivity index (χ1n) is 7.16. The zero-order valence-electron chi connectivity index (χ0n) is 12.1. The average Bonchev–Trinajstić information content (AvgIpc) is 2.75. The highest BCUT2D eigenvalue weighted by Gasteiger charge is 2.16. The zero-order valence-corrected chi connectivity index (χ0v) is 12.1. The van der Waals surface area contributed by atoms with Crippen molar-refractivity contribution in [2.75, 3.05) is 5.73 Å². The lowest BCUT2D eigenvalue weighted by atomic mass is 10.0. The van der Waals surface area contributed by atoms with Crippen LogP contribution in [0.1, 0.15) is 38.6 Å². The van der Waals surface area contributed by atoms with Gasteiger partial charge in [0, 0.05) is 18.5 Å². The van der Waals surface area contributed by atoms with E-state index >= 15 is 0 Å². The first-order valence-corrected chi connectivity index (χ1v) is 7.16. The summed E-state index contributed by atoms with van der Waals surface area (Å²) in [6.45, 7) is 7.33. The second-order valence-electron chi connectivity index (χ2n) is 4.77. The van der Waals surface area contributed by atoms with E-state index in [0.717, 1.165) is 43.1 Å². The molecule has 19 heavy (non-hydrogen) atoms. The number of hydrogen-bond acceptors (Lipinski definition) is 2. The normalized spacial score (nSPS) is 10.9. The van der Waals surface area contributed by atoms with Crippen LogP contribution in [0, 0.1) is 0 Å². The van der Waals surface area contributed by atoms with E-state index in [9.17, 15) is 0 Å². The summed E-state index contributed by atoms with van der Waals surface area (Å²) in [6.07, 6.45) is 3.06. The van der Waals surface area contributed by atoms with Gasteiger partial charge in [-0.25, -0.2) is 4.98 Å². The highest BCUT2D eigenvalue weighted by atomic mass is 15.1. The fraction of sp³-hybridized carbons (Fsp3) is 0.438. The number of aryl methyl sites for hydroxylation is 2. The van der Waals surface area contributed by atoms with E-state index < -0.39 is 0 Å². The van der Waals surface area contributed by atoms with Gasteiger partial charge in [-0.15, -0.1) is 0 Å². The second-order valence-corrected chi connectivity index (χ2v) is 4.77. The maximum absolute atomic E-state index is 6.30. The molecule has 2 rings (SSSR count). The molecule has 0 saturated carbocycles. The van der Waals surface area contributed by atoms with Crippen LogP contribution >= 0.6 is 0 Å². The molecule has 1 aromatic carbocycles. The van der Waals surface area contributed by atoms with Gasteiger partial charge in [-0.3, -0.25) is 0 Å². The van der Waals surface area contributed by atoms with Gasteiger partial charge in [0.15, 0.2) is 0 Å². The Morgan fingerprint density at radius 3 is 2.53 bits per heavy atom. The molecule has 0 aliphatic heterocycles. The van der Waals surface area contributed by atoms with Crippen molar-refractivity contribution in [3.05, 3.63) is 35.7 Å². The largest absolute Gasteiger partial charge is 0.383 e. The molecule has 3 nitrogen and oxygen atoms in total. The number of benzene rings is 1. The lowest BCUT2D eigenvalue weighted by molar-refractivity contribution is 0.690. The van der Waals surface area contributed by atoms with Gasteiger partial charge in [0.25, 0.3) is 0 Å². The van der Waals surface area contributed by atoms with Crippen LogP contribution in [0.15, 0.2) is 24.3 Å². The predicted octanol–water partition coefficient (Wildman–Crippen LogP) is 3.67. The average molecular weight is 257 g/mol. The van der Waals surface area contributed by atoms with Crippen molar-refractivity contribution in [1.82, 2.24) is 9.55 Å². The first-order chi connectivity index (χ1) is 9.22. The maximum atomic E-state index is 6.30. The topological polar surface area (TPSA) is 43.8 Å². The summed E-state index contributed by atoms with van der Waals surface area (Å²) in [5.41, 5.74) is 9.72. The third kappa shape index (κ3) is 2.50. The second kappa shape index (κ2) is 5.91. The van der Waals surface area contributed by atoms with Crippen molar-refractivity contribution in [3.8, 4) is 11.3 Å². The minimum Gasteiger partial charge on any atom is -0.383 e. The molecule has 0 radical (unpaired) electrons. The van der Waals surface area contributed by atoms with E-state index in [1.54, 1.807) is 0 Å². The number of aromatic nitrogens is 2. The van der Waals surface area contributed by atoms with Crippen LogP contribution in [-0.2, 0) is 19.4 Å². The van der Waals surface area contributed by atoms with E-state index in [-0.39, 0.29) is 0 Å². The molecule has 0 saturated heterocycles. The third-order valence-electron chi connectivity index (χ3n) is 3.53. The fourth-order valence-corrected chi connectivity index (χ4v) is 2.54. The van der Waals surface area contributed by atoms with Crippen LogP contribution < -0.4 is 5.73 Å². The van der Waals surface area contributed by atoms with Crippen molar-refractivity contribution >= 4 is 5.82 Å². The molecule has 0 bridgehead atoms. The fourth-order valence-electron chi connectivity index (χ4n) is 2.54. The van der Waals surface area contributed by atoms with Gasteiger partial charge in [-0.1, -0.05) is 38.1 Å². The summed E-state index contributed by atoms with van der Waals surface area (Å²) >= 11 is 0. The van der Waals surface area contributed by atoms with Gasteiger partial charge < -0.3 is 10.3 Å². The molecule has 0 unspecified atom stereocenters. The molecule has 0 fully saturated rings. The van der Waals surface area contributed by atoms with Gasteiger partial charge in [0.2, 0.25) is 0 Å². The number of hydrogen-bond donors (Lipinski definition) is 1. The summed E-state index contributed by atoms with van der Waals surface area (Å²) < 4.78 is 2.13. The van der Waals surface area contributed by atoms with Crippen LogP contribution in [0.2, 0.25) is 0 Å². The number of nitrogen functional groups attached to an aromatic ring is 1. The molecule has 0 spiro atoms. The number of nitrogens with zero attached hydrogens (tertiary/aromatic N) is 2. The number of nitrogens with two attached hydrogens (primary N) is 1. The molecule has 2 N–H and O–H groups in total. The summed E-state index contributed by atoms with van der Waals surface area (Å²) in [7, 11) is 0. The van der Waals surface area contributed by atoms with Gasteiger partial charge in [-0.2, -0.15) is 0 Å². The highest BCUT2D eigenvalue weighted by molar-refractivity contribution is 5.73. The van der Waals surface area contributed by atoms with Crippen molar-refractivity contribution in [2.24, 2.45) is 0 Å². The Labute approximate surface area is 115 Å². The molecule has 102 valence electrons. The van der Waals surface area contributed by atoms with E-state index in [2.05, 4.69) is 49.6 Å². The minimum absolute atomic E-state index is 0.798. The smallest absolute Gasteiger partial charge is 0.131 e. The quantitative estimate of drug-likeness (QED) is 0.888. The SMILES string of the molecule is CCCc1nc(-c2ccccc2CC)c(N)n1CC. The van der Waals surface area contributed by atoms with Crippen LogP contribution in [0.4, 0.5) is 5.82 Å². The highest BCUT2D eigenvalue weighted by Crippen LogP contribution is 2.29. The van der Waals surface area contributed by atoms with Crippen molar-refractivity contribution in [1.29, 1.82) is 0 Å². The number of anilines is 1. The van der Waals surface area contributed by atoms with Crippen molar-refractivity contribution in [3.63, 3.8) is 0 Å². The van der Waals surface area contributed by atoms with Gasteiger partial charge in [0.05, 0.1) is 0 Å². The molecule has 2 aromatic rings. The Bertz CT molecular complexity index is 555. The molecule has 0 atom stereocenters. The van der Waals surface area contributed by atoms with E-state index in [1.807, 2.05) is 0 Å². The third-order valence-corrected chi connectivity index (χ3v) is 3.53. The van der Waals surface area contributed by atoms with Gasteiger partial charge >= 0.3 is 0 Å². The molecule has 0 aliphatic carbocycles. The van der Waals surface area contributed by atoms with Crippen LogP contribution in [-0.4, -0.2) is 9.55 Å². The zero-order chi connectivity index (χ0) is 13.8. The summed E-state index contributed by atoms with van der Waals surface area (Å²) in [4.78, 5) is 4.79. The Balaban J connectivity index is 2.56. The Morgan fingerprint density at radius 2 is 1.89 bits per heavy atom. The molecule has 3 heteroatoms. The summed E-state index contributed by atoms with van der Waals surface area (Å²) in [6, 6.07) is 8.40. The molecule has 0 aliphatic rings. The lowest BCUT2D eigenvalue weighted by Crippen LogP contribution is -2.05. The lowest BCUT2D eigenvalue weighted by Gasteiger charge is -2.07. The molecular weight excluding hydrogens is 234 g/mol. The molecular formula is C16H23N3. The molecule has 0 amide bonds. The molecule has 1 heterocycles. The summed E-state index contributed by atoms with van der Waals surface area (Å²) in [5.74, 6) is 1.90.